The average Bonchev–Trinajstić information content (AvgIpc) is 3.52. The summed E-state index contributed by atoms with van der Waals surface area (Å²) in [6.45, 7) is 0.0631. The number of benzene rings is 3. The zero-order chi connectivity index (χ0) is 27.4. The molecule has 4 N–H and O–H groups in total. The van der Waals surface area contributed by atoms with E-state index in [1.165, 1.54) is 0 Å². The number of aromatic nitrogens is 1. The molecule has 1 atom stereocenters. The van der Waals surface area contributed by atoms with E-state index in [-0.39, 0.29) is 18.9 Å². The van der Waals surface area contributed by atoms with E-state index in [4.69, 9.17) is 4.74 Å². The third-order valence-corrected chi connectivity index (χ3v) is 6.72. The first-order valence-corrected chi connectivity index (χ1v) is 12.3. The first kappa shape index (κ1) is 25.5. The molecule has 10 heteroatoms. The van der Waals surface area contributed by atoms with Crippen molar-refractivity contribution >= 4 is 34.8 Å². The lowest BCUT2D eigenvalue weighted by Gasteiger charge is -2.18. The lowest BCUT2D eigenvalue weighted by molar-refractivity contribution is -0.153. The molecule has 39 heavy (non-hydrogen) atoms. The molecule has 0 aliphatic heterocycles. The normalized spacial score (nSPS) is 12.6. The van der Waals surface area contributed by atoms with Gasteiger partial charge in [0.2, 0.25) is 0 Å². The van der Waals surface area contributed by atoms with Gasteiger partial charge in [-0.25, -0.2) is 15.0 Å². The topological polar surface area (TPSA) is 139 Å². The Bertz CT molecular complexity index is 1520. The zero-order valence-electron chi connectivity index (χ0n) is 21.0. The monoisotopic (exact) mass is 526 g/mol. The largest absolute Gasteiger partial charge is 0.462 e. The minimum absolute atomic E-state index is 0.0466. The highest BCUT2D eigenvalue weighted by atomic mass is 16.6. The molecule has 3 amide bonds. The van der Waals surface area contributed by atoms with Gasteiger partial charge in [-0.3, -0.25) is 15.0 Å². The molecule has 1 aliphatic rings. The van der Waals surface area contributed by atoms with Gasteiger partial charge >= 0.3 is 18.0 Å². The van der Waals surface area contributed by atoms with Crippen LogP contribution >= 0.6 is 0 Å². The molecule has 4 aromatic rings. The maximum absolute atomic E-state index is 13.0. The Balaban J connectivity index is 1.23. The Morgan fingerprint density at radius 1 is 0.872 bits per heavy atom. The Morgan fingerprint density at radius 3 is 2.21 bits per heavy atom. The number of amides is 3. The number of para-hydroxylation sites is 1. The Hall–Kier alpha value is -5.12. The van der Waals surface area contributed by atoms with Crippen LogP contribution in [0.4, 0.5) is 4.79 Å². The average molecular weight is 527 g/mol. The minimum atomic E-state index is -1.19. The van der Waals surface area contributed by atoms with Gasteiger partial charge in [0.25, 0.3) is 5.91 Å². The third kappa shape index (κ3) is 5.30. The fourth-order valence-electron chi connectivity index (χ4n) is 4.87. The van der Waals surface area contributed by atoms with Crippen molar-refractivity contribution in [3.63, 3.8) is 0 Å². The summed E-state index contributed by atoms with van der Waals surface area (Å²) in [5, 5.41) is 3.22. The molecule has 0 saturated heterocycles. The molecule has 1 heterocycles. The molecule has 1 aliphatic carbocycles. The third-order valence-electron chi connectivity index (χ3n) is 6.72. The van der Waals surface area contributed by atoms with Gasteiger partial charge in [0, 0.05) is 29.4 Å². The summed E-state index contributed by atoms with van der Waals surface area (Å²) in [6, 6.07) is 22.1. The molecule has 3 aromatic carbocycles. The van der Waals surface area contributed by atoms with Crippen LogP contribution in [0.3, 0.4) is 0 Å². The number of H-pyrrole nitrogens is 1. The van der Waals surface area contributed by atoms with Crippen molar-refractivity contribution < 1.29 is 28.7 Å². The van der Waals surface area contributed by atoms with E-state index in [1.54, 1.807) is 6.20 Å². The minimum Gasteiger partial charge on any atom is -0.462 e. The first-order valence-electron chi connectivity index (χ1n) is 12.3. The maximum atomic E-state index is 13.0. The Labute approximate surface area is 223 Å². The van der Waals surface area contributed by atoms with Crippen molar-refractivity contribution in [3.8, 4) is 11.1 Å². The molecule has 1 aromatic heterocycles. The highest BCUT2D eigenvalue weighted by Gasteiger charge is 2.30. The first-order chi connectivity index (χ1) is 19.0. The summed E-state index contributed by atoms with van der Waals surface area (Å²) in [5.74, 6) is -3.12. The van der Waals surface area contributed by atoms with Gasteiger partial charge < -0.3 is 19.8 Å². The van der Waals surface area contributed by atoms with Crippen molar-refractivity contribution in [2.45, 2.75) is 18.4 Å². The number of carbonyl (C=O) groups is 4. The standard InChI is InChI=1S/C29H26N4O6/c1-38-28(36)27(35)31-25(14-17-15-30-24-13-7-6-8-18(17)24)26(34)32-33-29(37)39-16-23-21-11-4-2-9-19(21)20-10-3-5-12-22(20)23/h2-13,15,23,25,30H,14,16H2,1H3,(H,31,35)(H,32,34)(H,33,37)/t25-/m0/s1. The zero-order valence-corrected chi connectivity index (χ0v) is 21.0. The van der Waals surface area contributed by atoms with Crippen LogP contribution in [0.1, 0.15) is 22.6 Å². The molecule has 0 radical (unpaired) electrons. The maximum Gasteiger partial charge on any atom is 0.426 e. The van der Waals surface area contributed by atoms with E-state index in [0.717, 1.165) is 45.8 Å². The van der Waals surface area contributed by atoms with Crippen molar-refractivity contribution in [1.82, 2.24) is 21.2 Å². The smallest absolute Gasteiger partial charge is 0.426 e. The second-order valence-corrected chi connectivity index (χ2v) is 9.02. The van der Waals surface area contributed by atoms with Crippen LogP contribution < -0.4 is 16.2 Å². The van der Waals surface area contributed by atoms with Crippen LogP contribution in [0, 0.1) is 0 Å². The van der Waals surface area contributed by atoms with Gasteiger partial charge in [0.15, 0.2) is 0 Å². The number of hydrogen-bond acceptors (Lipinski definition) is 6. The molecule has 0 unspecified atom stereocenters. The number of ether oxygens (including phenoxy) is 2. The molecule has 0 spiro atoms. The highest BCUT2D eigenvalue weighted by Crippen LogP contribution is 2.44. The molecule has 198 valence electrons. The predicted octanol–water partition coefficient (Wildman–Crippen LogP) is 2.94. The van der Waals surface area contributed by atoms with Gasteiger partial charge in [-0.15, -0.1) is 0 Å². The fraction of sp³-hybridized carbons (Fsp3) is 0.172. The number of aromatic amines is 1. The molecule has 0 fully saturated rings. The summed E-state index contributed by atoms with van der Waals surface area (Å²) >= 11 is 0. The van der Waals surface area contributed by atoms with Crippen molar-refractivity contribution in [1.29, 1.82) is 0 Å². The van der Waals surface area contributed by atoms with Crippen LogP contribution in [-0.2, 0) is 30.3 Å². The second kappa shape index (κ2) is 11.1. The number of fused-ring (bicyclic) bond motifs is 4. The van der Waals surface area contributed by atoms with Gasteiger partial charge in [0.05, 0.1) is 7.11 Å². The number of hydrazine groups is 1. The van der Waals surface area contributed by atoms with Crippen LogP contribution in [0.15, 0.2) is 79.0 Å². The number of esters is 1. The molecule has 0 bridgehead atoms. The second-order valence-electron chi connectivity index (χ2n) is 9.02. The fourth-order valence-corrected chi connectivity index (χ4v) is 4.87. The Kier molecular flexibility index (Phi) is 7.26. The molecule has 0 saturated carbocycles. The van der Waals surface area contributed by atoms with Gasteiger partial charge in [-0.1, -0.05) is 66.7 Å². The lowest BCUT2D eigenvalue weighted by Crippen LogP contribution is -2.54. The predicted molar refractivity (Wildman–Crippen MR) is 142 cm³/mol. The van der Waals surface area contributed by atoms with Gasteiger partial charge in [0.1, 0.15) is 12.6 Å². The summed E-state index contributed by atoms with van der Waals surface area (Å²) in [6.07, 6.45) is 0.898. The summed E-state index contributed by atoms with van der Waals surface area (Å²) in [7, 11) is 1.06. The van der Waals surface area contributed by atoms with E-state index in [2.05, 4.69) is 25.9 Å². The molecular weight excluding hydrogens is 500 g/mol. The number of hydrogen-bond donors (Lipinski definition) is 4. The molecule has 5 rings (SSSR count). The quantitative estimate of drug-likeness (QED) is 0.173. The summed E-state index contributed by atoms with van der Waals surface area (Å²) in [5.41, 5.74) is 10.4. The molecular formula is C29H26N4O6. The van der Waals surface area contributed by atoms with Crippen LogP contribution in [0.5, 0.6) is 0 Å². The van der Waals surface area contributed by atoms with Crippen molar-refractivity contribution in [3.05, 3.63) is 95.7 Å². The van der Waals surface area contributed by atoms with Crippen LogP contribution in [0.2, 0.25) is 0 Å². The number of nitrogens with one attached hydrogen (secondary N) is 4. The highest BCUT2D eigenvalue weighted by molar-refractivity contribution is 6.32. The van der Waals surface area contributed by atoms with Crippen molar-refractivity contribution in [2.75, 3.05) is 13.7 Å². The Morgan fingerprint density at radius 2 is 1.51 bits per heavy atom. The number of rotatable bonds is 6. The number of methoxy groups -OCH3 is 1. The van der Waals surface area contributed by atoms with E-state index in [9.17, 15) is 19.2 Å². The van der Waals surface area contributed by atoms with Crippen LogP contribution in [0.25, 0.3) is 22.0 Å². The van der Waals surface area contributed by atoms with Crippen LogP contribution in [-0.4, -0.2) is 48.6 Å². The van der Waals surface area contributed by atoms with Gasteiger partial charge in [-0.05, 0) is 33.9 Å². The van der Waals surface area contributed by atoms with E-state index >= 15 is 0 Å². The molecule has 10 nitrogen and oxygen atoms in total. The summed E-state index contributed by atoms with van der Waals surface area (Å²) in [4.78, 5) is 52.5. The lowest BCUT2D eigenvalue weighted by atomic mass is 9.98. The van der Waals surface area contributed by atoms with E-state index < -0.39 is 29.9 Å². The summed E-state index contributed by atoms with van der Waals surface area (Å²) < 4.78 is 9.89. The number of carbonyl (C=O) groups excluding carboxylic acids is 4. The van der Waals surface area contributed by atoms with E-state index in [1.807, 2.05) is 72.8 Å². The van der Waals surface area contributed by atoms with E-state index in [0.29, 0.717) is 0 Å². The van der Waals surface area contributed by atoms with Crippen molar-refractivity contribution in [2.24, 2.45) is 0 Å². The SMILES string of the molecule is COC(=O)C(=O)N[C@@H](Cc1c[nH]c2ccccc12)C(=O)NNC(=O)OCC1c2ccccc2-c2ccccc21. The van der Waals surface area contributed by atoms with Gasteiger partial charge in [-0.2, -0.15) is 0 Å².